The van der Waals surface area contributed by atoms with Crippen LogP contribution in [0.3, 0.4) is 0 Å². The second-order valence-electron chi connectivity index (χ2n) is 5.44. The van der Waals surface area contributed by atoms with E-state index < -0.39 is 11.5 Å². The summed E-state index contributed by atoms with van der Waals surface area (Å²) in [5, 5.41) is 0. The molecular weight excluding hydrogens is 286 g/mol. The molecule has 1 atom stereocenters. The maximum atomic E-state index is 12.5. The van der Waals surface area contributed by atoms with E-state index in [2.05, 4.69) is 4.98 Å². The van der Waals surface area contributed by atoms with Crippen molar-refractivity contribution in [3.63, 3.8) is 0 Å². The van der Waals surface area contributed by atoms with Gasteiger partial charge in [0.15, 0.2) is 0 Å². The highest BCUT2D eigenvalue weighted by Crippen LogP contribution is 2.21. The van der Waals surface area contributed by atoms with Crippen LogP contribution in [0.1, 0.15) is 12.0 Å². The van der Waals surface area contributed by atoms with Crippen LogP contribution in [0.15, 0.2) is 24.5 Å². The molecule has 0 unspecified atom stereocenters. The van der Waals surface area contributed by atoms with Crippen molar-refractivity contribution in [2.75, 3.05) is 33.4 Å². The standard InChI is InChI=1S/C15H21N3O4/c1-21-15(8-13(16)19)10-18(5-6-22-11-15)14(20)7-12-3-2-4-17-9-12/h2-4,9H,5-8,10-11H2,1H3,(H2,16,19)/t15-/m0/s1. The third-order valence-corrected chi connectivity index (χ3v) is 3.71. The molecule has 0 radical (unpaired) electrons. The van der Waals surface area contributed by atoms with E-state index in [1.807, 2.05) is 6.07 Å². The number of ether oxygens (including phenoxy) is 2. The van der Waals surface area contributed by atoms with Crippen LogP contribution in [0.25, 0.3) is 0 Å². The molecule has 7 nitrogen and oxygen atoms in total. The number of aromatic nitrogens is 1. The first-order valence-electron chi connectivity index (χ1n) is 7.12. The molecule has 2 N–H and O–H groups in total. The fraction of sp³-hybridized carbons (Fsp3) is 0.533. The fourth-order valence-electron chi connectivity index (χ4n) is 2.53. The number of hydrogen-bond acceptors (Lipinski definition) is 5. The molecule has 0 aliphatic carbocycles. The minimum atomic E-state index is -0.882. The molecule has 1 fully saturated rings. The number of primary amides is 1. The molecule has 0 aromatic carbocycles. The second kappa shape index (κ2) is 7.33. The summed E-state index contributed by atoms with van der Waals surface area (Å²) in [6.45, 7) is 1.39. The van der Waals surface area contributed by atoms with E-state index in [0.717, 1.165) is 5.56 Å². The molecule has 1 aromatic heterocycles. The van der Waals surface area contributed by atoms with Crippen LogP contribution in [0.5, 0.6) is 0 Å². The van der Waals surface area contributed by atoms with Crippen molar-refractivity contribution in [1.29, 1.82) is 0 Å². The SMILES string of the molecule is CO[C@]1(CC(N)=O)COCCN(C(=O)Cc2cccnc2)C1. The summed E-state index contributed by atoms with van der Waals surface area (Å²) in [6, 6.07) is 3.65. The molecule has 1 aliphatic heterocycles. The molecule has 2 rings (SSSR count). The van der Waals surface area contributed by atoms with Gasteiger partial charge in [0.05, 0.1) is 32.6 Å². The number of nitrogens with zero attached hydrogens (tertiary/aromatic N) is 2. The van der Waals surface area contributed by atoms with Gasteiger partial charge < -0.3 is 20.1 Å². The van der Waals surface area contributed by atoms with Crippen LogP contribution < -0.4 is 5.73 Å². The Morgan fingerprint density at radius 2 is 2.36 bits per heavy atom. The minimum Gasteiger partial charge on any atom is -0.377 e. The lowest BCUT2D eigenvalue weighted by atomic mass is 9.99. The predicted molar refractivity (Wildman–Crippen MR) is 78.9 cm³/mol. The summed E-state index contributed by atoms with van der Waals surface area (Å²) in [7, 11) is 1.50. The van der Waals surface area contributed by atoms with Gasteiger partial charge in [-0.05, 0) is 11.6 Å². The van der Waals surface area contributed by atoms with Crippen LogP contribution in [0.2, 0.25) is 0 Å². The van der Waals surface area contributed by atoms with E-state index in [0.29, 0.717) is 13.2 Å². The molecule has 0 bridgehead atoms. The van der Waals surface area contributed by atoms with E-state index in [1.54, 1.807) is 23.4 Å². The maximum Gasteiger partial charge on any atom is 0.227 e. The number of methoxy groups -OCH3 is 1. The van der Waals surface area contributed by atoms with Crippen LogP contribution in [-0.2, 0) is 25.5 Å². The average molecular weight is 307 g/mol. The van der Waals surface area contributed by atoms with E-state index in [4.69, 9.17) is 15.2 Å². The number of pyridine rings is 1. The summed E-state index contributed by atoms with van der Waals surface area (Å²) in [5.74, 6) is -0.531. The lowest BCUT2D eigenvalue weighted by Crippen LogP contribution is -2.50. The normalized spacial score (nSPS) is 22.1. The van der Waals surface area contributed by atoms with E-state index >= 15 is 0 Å². The van der Waals surface area contributed by atoms with Gasteiger partial charge in [-0.25, -0.2) is 0 Å². The number of carbonyl (C=O) groups is 2. The lowest BCUT2D eigenvalue weighted by molar-refractivity contribution is -0.138. The molecule has 7 heteroatoms. The quantitative estimate of drug-likeness (QED) is 0.809. The zero-order valence-electron chi connectivity index (χ0n) is 12.7. The highest BCUT2D eigenvalue weighted by molar-refractivity contribution is 5.79. The summed E-state index contributed by atoms with van der Waals surface area (Å²) in [5.41, 5.74) is 5.26. The van der Waals surface area contributed by atoms with Crippen molar-refractivity contribution in [1.82, 2.24) is 9.88 Å². The van der Waals surface area contributed by atoms with Crippen molar-refractivity contribution in [2.45, 2.75) is 18.4 Å². The summed E-state index contributed by atoms with van der Waals surface area (Å²) in [6.07, 6.45) is 3.60. The monoisotopic (exact) mass is 307 g/mol. The first-order chi connectivity index (χ1) is 10.5. The molecule has 2 heterocycles. The minimum absolute atomic E-state index is 0.0141. The molecule has 1 aliphatic rings. The van der Waals surface area contributed by atoms with E-state index in [9.17, 15) is 9.59 Å². The lowest BCUT2D eigenvalue weighted by Gasteiger charge is -2.33. The van der Waals surface area contributed by atoms with Crippen molar-refractivity contribution in [2.24, 2.45) is 5.73 Å². The predicted octanol–water partition coefficient (Wildman–Crippen LogP) is -0.256. The highest BCUT2D eigenvalue weighted by Gasteiger charge is 2.38. The topological polar surface area (TPSA) is 94.7 Å². The third kappa shape index (κ3) is 4.25. The average Bonchev–Trinajstić information content (AvgIpc) is 2.71. The van der Waals surface area contributed by atoms with Gasteiger partial charge in [-0.15, -0.1) is 0 Å². The Kier molecular flexibility index (Phi) is 5.46. The number of amides is 2. The van der Waals surface area contributed by atoms with Gasteiger partial charge in [-0.1, -0.05) is 6.07 Å². The Hall–Kier alpha value is -1.99. The van der Waals surface area contributed by atoms with Crippen molar-refractivity contribution in [3.8, 4) is 0 Å². The zero-order valence-corrected chi connectivity index (χ0v) is 12.7. The number of nitrogens with two attached hydrogens (primary N) is 1. The van der Waals surface area contributed by atoms with Crippen molar-refractivity contribution in [3.05, 3.63) is 30.1 Å². The van der Waals surface area contributed by atoms with Gasteiger partial charge in [0.25, 0.3) is 0 Å². The molecule has 120 valence electrons. The maximum absolute atomic E-state index is 12.5. The van der Waals surface area contributed by atoms with Crippen LogP contribution in [0, 0.1) is 0 Å². The van der Waals surface area contributed by atoms with Gasteiger partial charge >= 0.3 is 0 Å². The first kappa shape index (κ1) is 16.4. The van der Waals surface area contributed by atoms with E-state index in [1.165, 1.54) is 7.11 Å². The summed E-state index contributed by atoms with van der Waals surface area (Å²) < 4.78 is 11.0. The Labute approximate surface area is 129 Å². The zero-order chi connectivity index (χ0) is 16.0. The van der Waals surface area contributed by atoms with Crippen LogP contribution >= 0.6 is 0 Å². The fourth-order valence-corrected chi connectivity index (χ4v) is 2.53. The molecule has 22 heavy (non-hydrogen) atoms. The molecule has 1 saturated heterocycles. The Balaban J connectivity index is 2.08. The van der Waals surface area contributed by atoms with Crippen molar-refractivity contribution < 1.29 is 19.1 Å². The third-order valence-electron chi connectivity index (χ3n) is 3.71. The van der Waals surface area contributed by atoms with Gasteiger partial charge in [-0.2, -0.15) is 0 Å². The number of carbonyl (C=O) groups excluding carboxylic acids is 2. The first-order valence-corrected chi connectivity index (χ1v) is 7.12. The molecule has 1 aromatic rings. The molecular formula is C15H21N3O4. The number of hydrogen-bond donors (Lipinski definition) is 1. The number of rotatable bonds is 5. The molecule has 0 saturated carbocycles. The van der Waals surface area contributed by atoms with Gasteiger partial charge in [-0.3, -0.25) is 14.6 Å². The largest absolute Gasteiger partial charge is 0.377 e. The van der Waals surface area contributed by atoms with Crippen LogP contribution in [0.4, 0.5) is 0 Å². The molecule has 2 amide bonds. The van der Waals surface area contributed by atoms with Gasteiger partial charge in [0.2, 0.25) is 11.8 Å². The summed E-state index contributed by atoms with van der Waals surface area (Å²) >= 11 is 0. The summed E-state index contributed by atoms with van der Waals surface area (Å²) in [4.78, 5) is 29.4. The highest BCUT2D eigenvalue weighted by atomic mass is 16.5. The van der Waals surface area contributed by atoms with E-state index in [-0.39, 0.29) is 31.9 Å². The Morgan fingerprint density at radius 1 is 1.55 bits per heavy atom. The Bertz CT molecular complexity index is 523. The molecule has 0 spiro atoms. The smallest absolute Gasteiger partial charge is 0.227 e. The van der Waals surface area contributed by atoms with Crippen LogP contribution in [-0.4, -0.2) is 60.7 Å². The van der Waals surface area contributed by atoms with Crippen molar-refractivity contribution >= 4 is 11.8 Å². The van der Waals surface area contributed by atoms with Gasteiger partial charge in [0.1, 0.15) is 5.60 Å². The second-order valence-corrected chi connectivity index (χ2v) is 5.44. The Morgan fingerprint density at radius 3 is 3.00 bits per heavy atom. The van der Waals surface area contributed by atoms with Gasteiger partial charge in [0, 0.05) is 26.0 Å².